The van der Waals surface area contributed by atoms with Crippen LogP contribution in [0.3, 0.4) is 0 Å². The van der Waals surface area contributed by atoms with Gasteiger partial charge >= 0.3 is 0 Å². The Morgan fingerprint density at radius 2 is 2.12 bits per heavy atom. The van der Waals surface area contributed by atoms with Crippen molar-refractivity contribution in [3.63, 3.8) is 0 Å². The summed E-state index contributed by atoms with van der Waals surface area (Å²) in [4.78, 5) is 14.8. The lowest BCUT2D eigenvalue weighted by molar-refractivity contribution is 0.0687. The van der Waals surface area contributed by atoms with E-state index in [2.05, 4.69) is 13.8 Å². The fraction of sp³-hybridized carbons (Fsp3) is 0.583. The molecule has 0 bridgehead atoms. The first kappa shape index (κ1) is 14.8. The van der Waals surface area contributed by atoms with E-state index in [0.717, 1.165) is 12.8 Å². The van der Waals surface area contributed by atoms with Crippen LogP contribution in [0.5, 0.6) is 0 Å². The van der Waals surface area contributed by atoms with Gasteiger partial charge in [-0.25, -0.2) is 0 Å². The highest BCUT2D eigenvalue weighted by Gasteiger charge is 2.24. The molecule has 1 aromatic heterocycles. The third-order valence-corrected chi connectivity index (χ3v) is 4.28. The molecule has 0 aliphatic heterocycles. The molecule has 2 nitrogen and oxygen atoms in total. The van der Waals surface area contributed by atoms with Crippen LogP contribution in [0.4, 0.5) is 0 Å². The van der Waals surface area contributed by atoms with Crippen LogP contribution in [0.1, 0.15) is 36.4 Å². The number of halogens is 2. The van der Waals surface area contributed by atoms with Crippen LogP contribution in [0.25, 0.3) is 0 Å². The number of amides is 1. The van der Waals surface area contributed by atoms with Crippen molar-refractivity contribution in [2.75, 3.05) is 12.4 Å². The molecule has 5 heteroatoms. The molecular weight excluding hydrogens is 277 g/mol. The highest BCUT2D eigenvalue weighted by atomic mass is 35.5. The normalized spacial score (nSPS) is 10.9. The Morgan fingerprint density at radius 3 is 2.53 bits per heavy atom. The van der Waals surface area contributed by atoms with Crippen molar-refractivity contribution in [3.05, 3.63) is 21.3 Å². The van der Waals surface area contributed by atoms with Gasteiger partial charge in [0.2, 0.25) is 0 Å². The van der Waals surface area contributed by atoms with E-state index < -0.39 is 0 Å². The molecule has 1 rings (SSSR count). The van der Waals surface area contributed by atoms with Gasteiger partial charge in [0.1, 0.15) is 4.88 Å². The summed E-state index contributed by atoms with van der Waals surface area (Å²) < 4.78 is 0. The smallest absolute Gasteiger partial charge is 0.265 e. The van der Waals surface area contributed by atoms with Gasteiger partial charge in [-0.1, -0.05) is 25.4 Å². The summed E-state index contributed by atoms with van der Waals surface area (Å²) in [5.41, 5.74) is 0. The molecular formula is C12H17Cl2NOS. The van der Waals surface area contributed by atoms with E-state index in [1.165, 1.54) is 11.3 Å². The third kappa shape index (κ3) is 3.60. The van der Waals surface area contributed by atoms with Crippen molar-refractivity contribution in [2.45, 2.75) is 32.7 Å². The van der Waals surface area contributed by atoms with Crippen LogP contribution in [0.15, 0.2) is 11.4 Å². The number of nitrogens with zero attached hydrogens (tertiary/aromatic N) is 1. The Balaban J connectivity index is 2.91. The lowest BCUT2D eigenvalue weighted by Crippen LogP contribution is -2.40. The monoisotopic (exact) mass is 293 g/mol. The highest BCUT2D eigenvalue weighted by Crippen LogP contribution is 2.25. The average Bonchev–Trinajstić information content (AvgIpc) is 2.75. The number of carbonyl (C=O) groups is 1. The maximum absolute atomic E-state index is 12.4. The second-order valence-electron chi connectivity index (χ2n) is 3.76. The molecule has 0 saturated carbocycles. The van der Waals surface area contributed by atoms with Crippen molar-refractivity contribution in [1.29, 1.82) is 0 Å². The summed E-state index contributed by atoms with van der Waals surface area (Å²) in [5, 5.41) is 2.37. The first-order chi connectivity index (χ1) is 8.15. The predicted octanol–water partition coefficient (Wildman–Crippen LogP) is 4.27. The van der Waals surface area contributed by atoms with E-state index in [1.54, 1.807) is 6.07 Å². The first-order valence-corrected chi connectivity index (χ1v) is 7.54. The van der Waals surface area contributed by atoms with Crippen molar-refractivity contribution in [1.82, 2.24) is 4.90 Å². The zero-order valence-corrected chi connectivity index (χ0v) is 12.4. The van der Waals surface area contributed by atoms with Crippen molar-refractivity contribution in [2.24, 2.45) is 0 Å². The molecule has 1 aromatic rings. The number of alkyl halides is 1. The lowest BCUT2D eigenvalue weighted by atomic mass is 10.1. The Bertz CT molecular complexity index is 363. The lowest BCUT2D eigenvalue weighted by Gasteiger charge is -2.29. The molecule has 17 heavy (non-hydrogen) atoms. The number of carbonyl (C=O) groups excluding carboxylic acids is 1. The molecule has 0 unspecified atom stereocenters. The zero-order valence-electron chi connectivity index (χ0n) is 10.1. The van der Waals surface area contributed by atoms with Crippen molar-refractivity contribution in [3.8, 4) is 0 Å². The molecule has 0 aromatic carbocycles. The Labute approximate surface area is 117 Å². The summed E-state index contributed by atoms with van der Waals surface area (Å²) in [5.74, 6) is 0.449. The Kier molecular flexibility index (Phi) is 6.31. The zero-order chi connectivity index (χ0) is 12.8. The Morgan fingerprint density at radius 1 is 1.47 bits per heavy atom. The third-order valence-electron chi connectivity index (χ3n) is 2.78. The van der Waals surface area contributed by atoms with Gasteiger partial charge in [-0.2, -0.15) is 0 Å². The fourth-order valence-corrected chi connectivity index (χ4v) is 3.12. The molecule has 0 atom stereocenters. The number of rotatable bonds is 6. The SMILES string of the molecule is CCC(CC)N(CCCl)C(=O)c1sccc1Cl. The maximum Gasteiger partial charge on any atom is 0.265 e. The summed E-state index contributed by atoms with van der Waals surface area (Å²) in [6, 6.07) is 1.99. The topological polar surface area (TPSA) is 20.3 Å². The number of hydrogen-bond donors (Lipinski definition) is 0. The van der Waals surface area contributed by atoms with E-state index >= 15 is 0 Å². The van der Waals surface area contributed by atoms with Crippen molar-refractivity contribution >= 4 is 40.4 Å². The van der Waals surface area contributed by atoms with Gasteiger partial charge in [0.15, 0.2) is 0 Å². The Hall–Kier alpha value is -0.250. The van der Waals surface area contributed by atoms with Gasteiger partial charge in [0, 0.05) is 18.5 Å². The van der Waals surface area contributed by atoms with Gasteiger partial charge in [-0.3, -0.25) is 4.79 Å². The molecule has 96 valence electrons. The number of thiophene rings is 1. The molecule has 1 amide bonds. The van der Waals surface area contributed by atoms with E-state index in [4.69, 9.17) is 23.2 Å². The number of hydrogen-bond acceptors (Lipinski definition) is 2. The molecule has 1 heterocycles. The van der Waals surface area contributed by atoms with E-state index in [1.807, 2.05) is 10.3 Å². The minimum Gasteiger partial charge on any atom is -0.334 e. The van der Waals surface area contributed by atoms with Gasteiger partial charge < -0.3 is 4.90 Å². The molecule has 0 saturated heterocycles. The highest BCUT2D eigenvalue weighted by molar-refractivity contribution is 7.12. The van der Waals surface area contributed by atoms with Gasteiger partial charge in [0.25, 0.3) is 5.91 Å². The maximum atomic E-state index is 12.4. The summed E-state index contributed by atoms with van der Waals surface area (Å²) in [6.45, 7) is 4.73. The summed E-state index contributed by atoms with van der Waals surface area (Å²) >= 11 is 13.2. The van der Waals surface area contributed by atoms with Crippen LogP contribution >= 0.6 is 34.5 Å². The molecule has 0 spiro atoms. The largest absolute Gasteiger partial charge is 0.334 e. The molecule has 0 N–H and O–H groups in total. The van der Waals surface area contributed by atoms with Crippen molar-refractivity contribution < 1.29 is 4.79 Å². The van der Waals surface area contributed by atoms with E-state index in [-0.39, 0.29) is 11.9 Å². The quantitative estimate of drug-likeness (QED) is 0.717. The standard InChI is InChI=1S/C12H17Cl2NOS/c1-3-9(4-2)15(7-6-13)12(16)11-10(14)5-8-17-11/h5,8-9H,3-4,6-7H2,1-2H3. The van der Waals surface area contributed by atoms with Crippen LogP contribution in [0.2, 0.25) is 5.02 Å². The van der Waals surface area contributed by atoms with Crippen LogP contribution < -0.4 is 0 Å². The van der Waals surface area contributed by atoms with Crippen LogP contribution in [0, 0.1) is 0 Å². The van der Waals surface area contributed by atoms with Crippen LogP contribution in [-0.2, 0) is 0 Å². The fourth-order valence-electron chi connectivity index (χ4n) is 1.85. The summed E-state index contributed by atoms with van der Waals surface area (Å²) in [6.07, 6.45) is 1.87. The molecule has 0 aliphatic rings. The average molecular weight is 294 g/mol. The minimum absolute atomic E-state index is 0.000602. The molecule has 0 radical (unpaired) electrons. The first-order valence-electron chi connectivity index (χ1n) is 5.75. The van der Waals surface area contributed by atoms with Gasteiger partial charge in [-0.15, -0.1) is 22.9 Å². The minimum atomic E-state index is -0.000602. The molecule has 0 aliphatic carbocycles. The predicted molar refractivity (Wildman–Crippen MR) is 75.5 cm³/mol. The second-order valence-corrected chi connectivity index (χ2v) is 5.46. The van der Waals surface area contributed by atoms with Gasteiger partial charge in [-0.05, 0) is 24.3 Å². The second kappa shape index (κ2) is 7.24. The summed E-state index contributed by atoms with van der Waals surface area (Å²) in [7, 11) is 0. The van der Waals surface area contributed by atoms with E-state index in [0.29, 0.717) is 22.3 Å². The van der Waals surface area contributed by atoms with Gasteiger partial charge in [0.05, 0.1) is 5.02 Å². The molecule has 0 fully saturated rings. The van der Waals surface area contributed by atoms with Crippen LogP contribution in [-0.4, -0.2) is 29.3 Å². The van der Waals surface area contributed by atoms with E-state index in [9.17, 15) is 4.79 Å².